The molecule has 68 heavy (non-hydrogen) atoms. The number of hydrogen-bond donors (Lipinski definition) is 3. The summed E-state index contributed by atoms with van der Waals surface area (Å²) in [5, 5.41) is 27.6. The second-order valence-corrected chi connectivity index (χ2v) is 19.4. The van der Waals surface area contributed by atoms with Crippen molar-refractivity contribution in [3.63, 3.8) is 0 Å². The number of amides is 1. The van der Waals surface area contributed by atoms with E-state index in [9.17, 15) is 19.8 Å². The Balaban J connectivity index is 1.46. The Labute approximate surface area is 399 Å². The van der Waals surface area contributed by atoms with Crippen LogP contribution in [0.25, 0.3) is 0 Å². The number of allylic oxidation sites excluding steroid dienone is 1. The maximum atomic E-state index is 15.3. The first-order valence-corrected chi connectivity index (χ1v) is 24.9. The lowest BCUT2D eigenvalue weighted by atomic mass is 9.55. The molecule has 0 aromatic heterocycles. The Kier molecular flexibility index (Phi) is 16.9. The Morgan fingerprint density at radius 2 is 1.69 bits per heavy atom. The largest absolute Gasteiger partial charge is 0.496 e. The van der Waals surface area contributed by atoms with E-state index in [1.165, 1.54) is 30.5 Å². The highest BCUT2D eigenvalue weighted by Gasteiger charge is 2.66. The first-order valence-electron chi connectivity index (χ1n) is 23.5. The number of sulfonamides is 1. The number of carbonyl (C=O) groups is 2. The Morgan fingerprint density at radius 3 is 2.37 bits per heavy atom. The van der Waals surface area contributed by atoms with E-state index in [1.54, 1.807) is 42.5 Å². The Bertz CT molecular complexity index is 2550. The fraction of sp³-hybridized carbons (Fsp3) is 0.415. The molecule has 7 rings (SSSR count). The third-order valence-corrected chi connectivity index (χ3v) is 15.0. The smallest absolute Gasteiger partial charge is 0.243 e. The number of anilines is 1. The number of carbonyl (C=O) groups excluding carboxylic acids is 2. The number of ether oxygens (including phenoxy) is 4. The molecule has 0 bridgehead atoms. The highest BCUT2D eigenvalue weighted by atomic mass is 32.2. The molecule has 1 aliphatic heterocycles. The van der Waals surface area contributed by atoms with Gasteiger partial charge in [-0.05, 0) is 116 Å². The van der Waals surface area contributed by atoms with Crippen LogP contribution in [0, 0.1) is 17.8 Å². The summed E-state index contributed by atoms with van der Waals surface area (Å²) in [7, 11) is -2.81. The maximum Gasteiger partial charge on any atom is 0.243 e. The predicted molar refractivity (Wildman–Crippen MR) is 260 cm³/mol. The van der Waals surface area contributed by atoms with Crippen LogP contribution in [0.5, 0.6) is 23.0 Å². The van der Waals surface area contributed by atoms with Crippen molar-refractivity contribution in [1.29, 1.82) is 0 Å². The van der Waals surface area contributed by atoms with Gasteiger partial charge in [-0.2, -0.15) is 4.31 Å². The van der Waals surface area contributed by atoms with Crippen molar-refractivity contribution in [3.8, 4) is 23.0 Å². The number of aldehydes is 1. The van der Waals surface area contributed by atoms with Gasteiger partial charge in [-0.3, -0.25) is 9.59 Å². The van der Waals surface area contributed by atoms with Crippen LogP contribution in [0.4, 0.5) is 5.69 Å². The van der Waals surface area contributed by atoms with E-state index >= 15 is 8.42 Å². The molecule has 6 atom stereocenters. The maximum absolute atomic E-state index is 15.3. The van der Waals surface area contributed by atoms with E-state index in [1.807, 2.05) is 49.4 Å². The van der Waals surface area contributed by atoms with Gasteiger partial charge in [0.05, 0.1) is 41.8 Å². The minimum absolute atomic E-state index is 0.0254. The first-order chi connectivity index (χ1) is 33.0. The molecule has 0 radical (unpaired) electrons. The van der Waals surface area contributed by atoms with Crippen LogP contribution in [0.3, 0.4) is 0 Å². The van der Waals surface area contributed by atoms with E-state index in [0.717, 1.165) is 29.5 Å². The molecule has 362 valence electrons. The van der Waals surface area contributed by atoms with Crippen molar-refractivity contribution in [3.05, 3.63) is 132 Å². The third kappa shape index (κ3) is 10.9. The number of methoxy groups -OCH3 is 1. The number of hydrogen-bond acceptors (Lipinski definition) is 12. The average Bonchev–Trinajstić information content (AvgIpc) is 3.34. The monoisotopic (exact) mass is 949 g/mol. The van der Waals surface area contributed by atoms with Crippen molar-refractivity contribution in [2.45, 2.75) is 94.5 Å². The number of nitrogens with one attached hydrogen (secondary N) is 1. The summed E-state index contributed by atoms with van der Waals surface area (Å²) in [5.41, 5.74) is 3.91. The number of unbranched alkanes of at least 4 members (excludes halogenated alkanes) is 2. The number of fused-ring (bicyclic) bond motifs is 2. The second kappa shape index (κ2) is 23.0. The van der Waals surface area contributed by atoms with Gasteiger partial charge in [-0.1, -0.05) is 67.4 Å². The zero-order chi connectivity index (χ0) is 48.3. The van der Waals surface area contributed by atoms with Crippen LogP contribution in [0.1, 0.15) is 92.6 Å². The average molecular weight is 950 g/mol. The van der Waals surface area contributed by atoms with E-state index in [0.29, 0.717) is 78.4 Å². The van der Waals surface area contributed by atoms with Gasteiger partial charge in [0, 0.05) is 50.3 Å². The third-order valence-electron chi connectivity index (χ3n) is 13.0. The summed E-state index contributed by atoms with van der Waals surface area (Å²) in [6.07, 6.45) is 9.24. The molecule has 1 heterocycles. The molecule has 0 spiro atoms. The Morgan fingerprint density at radius 1 is 0.971 bits per heavy atom. The topological polar surface area (TPSA) is 183 Å². The number of aliphatic hydroxyl groups is 2. The second-order valence-electron chi connectivity index (χ2n) is 17.5. The molecule has 15 heteroatoms. The van der Waals surface area contributed by atoms with E-state index < -0.39 is 27.8 Å². The van der Waals surface area contributed by atoms with Crippen molar-refractivity contribution >= 4 is 33.6 Å². The highest BCUT2D eigenvalue weighted by Crippen LogP contribution is 2.62. The van der Waals surface area contributed by atoms with Gasteiger partial charge in [0.1, 0.15) is 29.6 Å². The summed E-state index contributed by atoms with van der Waals surface area (Å²) in [6, 6.07) is 25.4. The van der Waals surface area contributed by atoms with Gasteiger partial charge in [0.15, 0.2) is 6.29 Å². The van der Waals surface area contributed by atoms with Crippen LogP contribution < -0.4 is 19.5 Å². The molecule has 4 aromatic rings. The number of benzene rings is 4. The van der Waals surface area contributed by atoms with E-state index in [-0.39, 0.29) is 67.9 Å². The molecule has 1 fully saturated rings. The molecular weight excluding hydrogens is 887 g/mol. The van der Waals surface area contributed by atoms with Gasteiger partial charge >= 0.3 is 0 Å². The van der Waals surface area contributed by atoms with E-state index in [4.69, 9.17) is 28.9 Å². The van der Waals surface area contributed by atoms with Gasteiger partial charge < -0.3 is 39.3 Å². The van der Waals surface area contributed by atoms with Gasteiger partial charge in [-0.15, -0.1) is 6.58 Å². The first kappa shape index (κ1) is 50.0. The van der Waals surface area contributed by atoms with Gasteiger partial charge in [0.2, 0.25) is 21.7 Å². The standard InChI is InChI=1S/C53H63N3O11S/c1-5-26-56(68(61,62)43-22-18-40(19-23-43)54-36(3)60)50-33-47(55-65-35-37-14-8-7-9-15-37)45-31-38(16-10-12-27-57)44(17-11-13-28-58)51-46-32-42(66-41-20-24-48(63-4)39(30-41)34-59)21-25-49(46)67-53(50,52(45)51)64-29-6-2/h6-9,14-15,18-25,30-32,34,38,44,50-52,57-58H,2,5,10-13,16-17,26-29,33,35H2,1,3-4H3,(H,54,60). The fourth-order valence-corrected chi connectivity index (χ4v) is 11.9. The van der Waals surface area contributed by atoms with Crippen LogP contribution in [0.2, 0.25) is 0 Å². The summed E-state index contributed by atoms with van der Waals surface area (Å²) in [5.74, 6) is -1.25. The summed E-state index contributed by atoms with van der Waals surface area (Å²) in [4.78, 5) is 30.1. The molecule has 3 aliphatic rings. The molecule has 14 nitrogen and oxygen atoms in total. The number of nitrogens with zero attached hydrogens (tertiary/aromatic N) is 2. The lowest BCUT2D eigenvalue weighted by Gasteiger charge is -2.59. The molecule has 1 saturated carbocycles. The number of aliphatic hydroxyl groups excluding tert-OH is 2. The van der Waals surface area contributed by atoms with Gasteiger partial charge in [0.25, 0.3) is 0 Å². The highest BCUT2D eigenvalue weighted by molar-refractivity contribution is 7.89. The normalized spacial score (nSPS) is 22.3. The molecule has 3 N–H and O–H groups in total. The van der Waals surface area contributed by atoms with Crippen LogP contribution in [-0.2, 0) is 31.0 Å². The van der Waals surface area contributed by atoms with Crippen LogP contribution in [-0.4, -0.2) is 86.1 Å². The summed E-state index contributed by atoms with van der Waals surface area (Å²) in [6.45, 7) is 7.70. The Hall–Kier alpha value is -5.84. The van der Waals surface area contributed by atoms with Crippen molar-refractivity contribution in [2.75, 3.05) is 38.8 Å². The minimum atomic E-state index is -4.30. The van der Waals surface area contributed by atoms with Crippen LogP contribution >= 0.6 is 0 Å². The molecular formula is C53H63N3O11S. The summed E-state index contributed by atoms with van der Waals surface area (Å²) < 4.78 is 58.4. The number of oxime groups is 1. The quantitative estimate of drug-likeness (QED) is 0.0264. The molecule has 6 unspecified atom stereocenters. The van der Waals surface area contributed by atoms with E-state index in [2.05, 4.69) is 18.0 Å². The van der Waals surface area contributed by atoms with Gasteiger partial charge in [-0.25, -0.2) is 8.42 Å². The van der Waals surface area contributed by atoms with Crippen molar-refractivity contribution in [1.82, 2.24) is 4.31 Å². The summed E-state index contributed by atoms with van der Waals surface area (Å²) >= 11 is 0. The molecule has 1 amide bonds. The van der Waals surface area contributed by atoms with Crippen molar-refractivity contribution in [2.24, 2.45) is 22.9 Å². The molecule has 2 aliphatic carbocycles. The van der Waals surface area contributed by atoms with Crippen LogP contribution in [0.15, 0.2) is 125 Å². The lowest BCUT2D eigenvalue weighted by Crippen LogP contribution is -2.70. The predicted octanol–water partition coefficient (Wildman–Crippen LogP) is 9.19. The molecule has 4 aromatic carbocycles. The van der Waals surface area contributed by atoms with Crippen molar-refractivity contribution < 1.29 is 52.0 Å². The lowest BCUT2D eigenvalue weighted by molar-refractivity contribution is -0.251. The zero-order valence-electron chi connectivity index (χ0n) is 39.0. The fourth-order valence-electron chi connectivity index (χ4n) is 10.2. The minimum Gasteiger partial charge on any atom is -0.496 e. The SMILES string of the molecule is C=CCOC12Oc3ccc(Oc4ccc(OC)c(C=O)c4)cc3C3C(CCCCO)C(CCCCO)C=C(C(=NOCc4ccccc4)CC1N(CCC)S(=O)(=O)c1ccc(NC(C)=O)cc1)C32. The molecule has 0 saturated heterocycles. The zero-order valence-corrected chi connectivity index (χ0v) is 39.9. The number of rotatable bonds is 24.